The van der Waals surface area contributed by atoms with Crippen LogP contribution in [-0.4, -0.2) is 6.54 Å². The number of fused-ring (bicyclic) bond motifs is 1. The second kappa shape index (κ2) is 7.72. The minimum Gasteiger partial charge on any atom is -0.309 e. The lowest BCUT2D eigenvalue weighted by Gasteiger charge is -2.15. The molecule has 1 heterocycles. The summed E-state index contributed by atoms with van der Waals surface area (Å²) in [5, 5.41) is 3.66. The first-order valence-corrected chi connectivity index (χ1v) is 8.45. The molecule has 1 aliphatic carbocycles. The third kappa shape index (κ3) is 4.09. The Bertz CT molecular complexity index is 403. The minimum absolute atomic E-state index is 0.466. The first-order chi connectivity index (χ1) is 9.35. The average molecular weight is 275 g/mol. The molecule has 104 valence electrons. The van der Waals surface area contributed by atoms with Crippen LogP contribution >= 0.6 is 11.3 Å². The Hall–Kier alpha value is -0.780. The highest BCUT2D eigenvalue weighted by Crippen LogP contribution is 2.33. The van der Waals surface area contributed by atoms with Crippen LogP contribution in [0.3, 0.4) is 0 Å². The van der Waals surface area contributed by atoms with E-state index < -0.39 is 0 Å². The van der Waals surface area contributed by atoms with E-state index in [1.54, 1.807) is 10.4 Å². The van der Waals surface area contributed by atoms with Crippen LogP contribution < -0.4 is 5.32 Å². The van der Waals surface area contributed by atoms with Gasteiger partial charge in [0.1, 0.15) is 0 Å². The van der Waals surface area contributed by atoms with Crippen LogP contribution in [-0.2, 0) is 12.8 Å². The zero-order valence-corrected chi connectivity index (χ0v) is 12.8. The van der Waals surface area contributed by atoms with E-state index in [1.807, 2.05) is 11.3 Å². The smallest absolute Gasteiger partial charge is 0.0424 e. The van der Waals surface area contributed by atoms with Gasteiger partial charge in [-0.25, -0.2) is 0 Å². The second-order valence-corrected chi connectivity index (χ2v) is 6.58. The molecule has 1 aromatic rings. The lowest BCUT2D eigenvalue weighted by atomic mass is 10.1. The van der Waals surface area contributed by atoms with E-state index in [2.05, 4.69) is 24.2 Å². The van der Waals surface area contributed by atoms with Gasteiger partial charge in [0.15, 0.2) is 0 Å². The van der Waals surface area contributed by atoms with Crippen LogP contribution in [0.1, 0.15) is 66.8 Å². The largest absolute Gasteiger partial charge is 0.309 e. The van der Waals surface area contributed by atoms with Gasteiger partial charge in [-0.2, -0.15) is 0 Å². The van der Waals surface area contributed by atoms with Gasteiger partial charge in [0.25, 0.3) is 0 Å². The van der Waals surface area contributed by atoms with Crippen molar-refractivity contribution >= 4 is 11.3 Å². The highest BCUT2D eigenvalue weighted by molar-refractivity contribution is 7.12. The number of nitrogens with one attached hydrogen (secondary N) is 1. The van der Waals surface area contributed by atoms with Gasteiger partial charge >= 0.3 is 0 Å². The van der Waals surface area contributed by atoms with Crippen LogP contribution in [0.2, 0.25) is 0 Å². The number of hydrogen-bond acceptors (Lipinski definition) is 2. The molecule has 0 saturated carbocycles. The van der Waals surface area contributed by atoms with Crippen LogP contribution in [0.4, 0.5) is 0 Å². The first kappa shape index (κ1) is 14.6. The summed E-state index contributed by atoms with van der Waals surface area (Å²) in [5.41, 5.74) is 1.61. The molecule has 2 rings (SSSR count). The molecule has 1 aromatic heterocycles. The molecule has 0 fully saturated rings. The third-order valence-electron chi connectivity index (χ3n) is 3.83. The Balaban J connectivity index is 2.09. The minimum atomic E-state index is 0.466. The summed E-state index contributed by atoms with van der Waals surface area (Å²) in [6.07, 6.45) is 15.2. The Morgan fingerprint density at radius 2 is 2.21 bits per heavy atom. The fourth-order valence-corrected chi connectivity index (χ4v) is 4.12. The number of terminal acetylenes is 1. The van der Waals surface area contributed by atoms with Crippen LogP contribution in [0, 0.1) is 12.3 Å². The van der Waals surface area contributed by atoms with Crippen LogP contribution in [0.15, 0.2) is 6.07 Å². The Labute approximate surface area is 121 Å². The van der Waals surface area contributed by atoms with Gasteiger partial charge in [-0.1, -0.05) is 13.3 Å². The number of aryl methyl sites for hydroxylation is 2. The SMILES string of the molecule is C#CCCC(NCCC)c1cc2c(s1)CCCCC2. The van der Waals surface area contributed by atoms with Crippen molar-refractivity contribution < 1.29 is 0 Å². The fourth-order valence-electron chi connectivity index (χ4n) is 2.75. The summed E-state index contributed by atoms with van der Waals surface area (Å²) in [6, 6.07) is 2.92. The van der Waals surface area contributed by atoms with E-state index in [-0.39, 0.29) is 0 Å². The average Bonchev–Trinajstić information content (AvgIpc) is 2.70. The van der Waals surface area contributed by atoms with E-state index in [4.69, 9.17) is 6.42 Å². The van der Waals surface area contributed by atoms with Crippen molar-refractivity contribution in [3.05, 3.63) is 21.4 Å². The summed E-state index contributed by atoms with van der Waals surface area (Å²) >= 11 is 2.03. The normalized spacial score (nSPS) is 16.4. The number of rotatable bonds is 6. The molecule has 1 atom stereocenters. The zero-order valence-electron chi connectivity index (χ0n) is 12.0. The van der Waals surface area contributed by atoms with E-state index in [0.29, 0.717) is 6.04 Å². The number of thiophene rings is 1. The Morgan fingerprint density at radius 3 is 3.00 bits per heavy atom. The molecular formula is C17H25NS. The standard InChI is InChI=1S/C17H25NS/c1-3-5-10-15(18-12-4-2)17-13-14-9-7-6-8-11-16(14)19-17/h1,13,15,18H,4-12H2,2H3. The van der Waals surface area contributed by atoms with Crippen LogP contribution in [0.25, 0.3) is 0 Å². The summed E-state index contributed by atoms with van der Waals surface area (Å²) < 4.78 is 0. The summed E-state index contributed by atoms with van der Waals surface area (Å²) in [4.78, 5) is 3.15. The lowest BCUT2D eigenvalue weighted by Crippen LogP contribution is -2.21. The van der Waals surface area contributed by atoms with E-state index >= 15 is 0 Å². The van der Waals surface area contributed by atoms with Gasteiger partial charge in [0.2, 0.25) is 0 Å². The van der Waals surface area contributed by atoms with Crippen molar-refractivity contribution in [1.29, 1.82) is 0 Å². The van der Waals surface area contributed by atoms with Gasteiger partial charge < -0.3 is 5.32 Å². The van der Waals surface area contributed by atoms with E-state index in [0.717, 1.165) is 19.4 Å². The molecule has 0 spiro atoms. The molecule has 1 unspecified atom stereocenters. The third-order valence-corrected chi connectivity index (χ3v) is 5.18. The van der Waals surface area contributed by atoms with Crippen LogP contribution in [0.5, 0.6) is 0 Å². The van der Waals surface area contributed by atoms with Crippen molar-refractivity contribution in [2.24, 2.45) is 0 Å². The van der Waals surface area contributed by atoms with Crippen molar-refractivity contribution in [3.8, 4) is 12.3 Å². The fraction of sp³-hybridized carbons (Fsp3) is 0.647. The molecule has 1 N–H and O–H groups in total. The van der Waals surface area contributed by atoms with E-state index in [9.17, 15) is 0 Å². The monoisotopic (exact) mass is 275 g/mol. The number of hydrogen-bond donors (Lipinski definition) is 1. The highest BCUT2D eigenvalue weighted by Gasteiger charge is 2.17. The molecular weight excluding hydrogens is 250 g/mol. The lowest BCUT2D eigenvalue weighted by molar-refractivity contribution is 0.512. The summed E-state index contributed by atoms with van der Waals surface area (Å²) in [5.74, 6) is 2.78. The molecule has 0 radical (unpaired) electrons. The molecule has 0 aromatic carbocycles. The highest BCUT2D eigenvalue weighted by atomic mass is 32.1. The quantitative estimate of drug-likeness (QED) is 0.596. The molecule has 0 amide bonds. The zero-order chi connectivity index (χ0) is 13.5. The molecule has 2 heteroatoms. The van der Waals surface area contributed by atoms with Gasteiger partial charge in [-0.3, -0.25) is 0 Å². The summed E-state index contributed by atoms with van der Waals surface area (Å²) in [6.45, 7) is 3.30. The van der Waals surface area contributed by atoms with Gasteiger partial charge in [0.05, 0.1) is 0 Å². The van der Waals surface area contributed by atoms with Crippen molar-refractivity contribution in [3.63, 3.8) is 0 Å². The molecule has 0 saturated heterocycles. The molecule has 19 heavy (non-hydrogen) atoms. The topological polar surface area (TPSA) is 12.0 Å². The maximum Gasteiger partial charge on any atom is 0.0424 e. The molecule has 0 aliphatic heterocycles. The Morgan fingerprint density at radius 1 is 1.37 bits per heavy atom. The van der Waals surface area contributed by atoms with E-state index in [1.165, 1.54) is 43.4 Å². The van der Waals surface area contributed by atoms with Crippen molar-refractivity contribution in [2.75, 3.05) is 6.54 Å². The summed E-state index contributed by atoms with van der Waals surface area (Å²) in [7, 11) is 0. The molecule has 0 bridgehead atoms. The maximum absolute atomic E-state index is 5.43. The first-order valence-electron chi connectivity index (χ1n) is 7.63. The predicted octanol–water partition coefficient (Wildman–Crippen LogP) is 4.47. The molecule has 1 nitrogen and oxygen atoms in total. The van der Waals surface area contributed by atoms with Crippen molar-refractivity contribution in [2.45, 2.75) is 64.3 Å². The predicted molar refractivity (Wildman–Crippen MR) is 84.7 cm³/mol. The maximum atomic E-state index is 5.43. The molecule has 1 aliphatic rings. The van der Waals surface area contributed by atoms with Crippen molar-refractivity contribution in [1.82, 2.24) is 5.32 Å². The Kier molecular flexibility index (Phi) is 5.94. The van der Waals surface area contributed by atoms with Gasteiger partial charge in [-0.05, 0) is 56.7 Å². The second-order valence-electron chi connectivity index (χ2n) is 5.41. The van der Waals surface area contributed by atoms with Gasteiger partial charge in [-0.15, -0.1) is 23.7 Å². The van der Waals surface area contributed by atoms with Gasteiger partial charge in [0, 0.05) is 22.2 Å².